The zero-order valence-electron chi connectivity index (χ0n) is 48.8. The fourth-order valence-corrected chi connectivity index (χ4v) is 13.6. The van der Waals surface area contributed by atoms with Gasteiger partial charge in [0, 0.05) is 116 Å². The summed E-state index contributed by atoms with van der Waals surface area (Å²) < 4.78 is 52.2. The Labute approximate surface area is 521 Å². The molecule has 0 aromatic heterocycles. The fourth-order valence-electron chi connectivity index (χ4n) is 6.49. The normalized spacial score (nSPS) is 18.8. The Hall–Kier alpha value is 3.88. The van der Waals surface area contributed by atoms with Gasteiger partial charge in [-0.15, -0.1) is 0 Å². The van der Waals surface area contributed by atoms with Crippen LogP contribution in [-0.2, 0) is 37.9 Å². The zero-order chi connectivity index (χ0) is 56.3. The van der Waals surface area contributed by atoms with Gasteiger partial charge in [-0.25, -0.2) is 0 Å². The van der Waals surface area contributed by atoms with Crippen molar-refractivity contribution in [1.29, 1.82) is 0 Å². The summed E-state index contributed by atoms with van der Waals surface area (Å²) in [5.74, 6) is 6.21. The van der Waals surface area contributed by atoms with Crippen LogP contribution in [0.2, 0.25) is 0 Å². The van der Waals surface area contributed by atoms with Gasteiger partial charge < -0.3 is 37.9 Å². The minimum atomic E-state index is -0.452. The molecule has 0 saturated heterocycles. The van der Waals surface area contributed by atoms with Crippen LogP contribution in [0.25, 0.3) is 0 Å². The molecule has 8 nitrogen and oxygen atoms in total. The highest BCUT2D eigenvalue weighted by Crippen LogP contribution is 2.27. The van der Waals surface area contributed by atoms with Crippen LogP contribution in [0.15, 0.2) is 0 Å². The maximum Gasteiger partial charge on any atom is 0.0637 e. The average Bonchev–Trinajstić information content (AvgIpc) is 3.36. The molecule has 0 heterocycles. The third kappa shape index (κ3) is 44.9. The van der Waals surface area contributed by atoms with Gasteiger partial charge in [-0.3, -0.25) is 0 Å². The molecular weight excluding hydrogens is 1170 g/mol. The first kappa shape index (κ1) is 78.9. The molecule has 12 unspecified atom stereocenters. The minimum Gasteiger partial charge on any atom is -0.381 e. The second-order valence-electron chi connectivity index (χ2n) is 20.8. The van der Waals surface area contributed by atoms with Crippen molar-refractivity contribution in [2.45, 2.75) is 191 Å². The molecule has 12 atom stereocenters. The summed E-state index contributed by atoms with van der Waals surface area (Å²) in [5, 5.41) is 5.09. The van der Waals surface area contributed by atoms with E-state index in [0.717, 1.165) is 79.5 Å². The summed E-state index contributed by atoms with van der Waals surface area (Å²) in [6.45, 7) is 35.6. The second kappa shape index (κ2) is 51.1. The number of thioether (sulfide) groups is 6. The van der Waals surface area contributed by atoms with Crippen molar-refractivity contribution < 1.29 is 37.9 Å². The molecule has 452 valence electrons. The van der Waals surface area contributed by atoms with Gasteiger partial charge >= 0.3 is 0 Å². The summed E-state index contributed by atoms with van der Waals surface area (Å²) in [4.78, 5) is 0. The third-order valence-electron chi connectivity index (χ3n) is 12.8. The summed E-state index contributed by atoms with van der Waals surface area (Å²) in [6, 6.07) is 0. The third-order valence-corrected chi connectivity index (χ3v) is 25.4. The van der Waals surface area contributed by atoms with Crippen molar-refractivity contribution in [3.8, 4) is 0 Å². The van der Waals surface area contributed by atoms with Crippen molar-refractivity contribution >= 4 is 146 Å². The maximum absolute atomic E-state index is 6.59. The first-order valence-corrected chi connectivity index (χ1v) is 37.5. The molecule has 0 aliphatic rings. The zero-order valence-corrected chi connectivity index (χ0v) is 59.1. The van der Waals surface area contributed by atoms with E-state index in [1.54, 1.807) is 0 Å². The van der Waals surface area contributed by atoms with Crippen LogP contribution in [-0.4, -0.2) is 203 Å². The summed E-state index contributed by atoms with van der Waals surface area (Å²) >= 11 is 39.6. The molecule has 0 fully saturated rings. The Morgan fingerprint density at radius 2 is 0.373 bits per heavy atom. The van der Waals surface area contributed by atoms with Gasteiger partial charge in [0.15, 0.2) is 0 Å². The van der Waals surface area contributed by atoms with Crippen LogP contribution in [0.4, 0.5) is 0 Å². The first-order chi connectivity index (χ1) is 35.7. The van der Waals surface area contributed by atoms with Gasteiger partial charge in [-0.2, -0.15) is 146 Å². The average molecular weight is 1290 g/mol. The molecule has 0 aromatic carbocycles. The predicted molar refractivity (Wildman–Crippen MR) is 366 cm³/mol. The number of hydrogen-bond acceptors (Lipinski definition) is 20. The Balaban J connectivity index is 6.07. The van der Waals surface area contributed by atoms with Crippen molar-refractivity contribution in [3.05, 3.63) is 0 Å². The lowest BCUT2D eigenvalue weighted by Crippen LogP contribution is -2.42. The monoisotopic (exact) mass is 1280 g/mol. The lowest BCUT2D eigenvalue weighted by molar-refractivity contribution is -0.114. The van der Waals surface area contributed by atoms with E-state index in [0.29, 0.717) is 169 Å². The summed E-state index contributed by atoms with van der Waals surface area (Å²) in [7, 11) is 0. The second-order valence-corrected chi connectivity index (χ2v) is 34.6. The van der Waals surface area contributed by atoms with Gasteiger partial charge in [0.1, 0.15) is 0 Å². The van der Waals surface area contributed by atoms with E-state index in [2.05, 4.69) is 159 Å². The van der Waals surface area contributed by atoms with E-state index < -0.39 is 10.8 Å². The molecular formula is C55H112O8S12. The maximum atomic E-state index is 6.59. The minimum absolute atomic E-state index is 0.354. The molecule has 0 N–H and O–H groups in total. The van der Waals surface area contributed by atoms with Crippen molar-refractivity contribution in [1.82, 2.24) is 0 Å². The van der Waals surface area contributed by atoms with Crippen molar-refractivity contribution in [3.63, 3.8) is 0 Å². The Morgan fingerprint density at radius 1 is 0.240 bits per heavy atom. The standard InChI is InChI=1S/C55H112O8S12/c1-42(64)48(7)70-28-14-22-58-36-54(37-59-23-15-29-71-49(8)43(2)65,38-60-24-16-30-72-50(9)44(3)66)34-56-20-13-21-57-35-55(39-61-25-17-31-73-51(10)45(4)67,40-62-26-18-32-74-52(11)46(5)68)41-63-27-19-33-75-53(12)47(6)69/h42-53,64-69H,13-41H2,1-12H3. The van der Waals surface area contributed by atoms with E-state index in [9.17, 15) is 0 Å². The van der Waals surface area contributed by atoms with Crippen LogP contribution in [0, 0.1) is 10.8 Å². The highest BCUT2D eigenvalue weighted by atomic mass is 32.2. The van der Waals surface area contributed by atoms with Gasteiger partial charge in [-0.1, -0.05) is 83.1 Å². The summed E-state index contributed by atoms with van der Waals surface area (Å²) in [5.41, 5.74) is -0.903. The van der Waals surface area contributed by atoms with Gasteiger partial charge in [0.2, 0.25) is 0 Å². The quantitative estimate of drug-likeness (QED) is 0.0259. The SMILES string of the molecule is CC(S)C(C)SCCCOCC(COCCCOCC(COCCCSC(C)C(C)S)(COCCCSC(C)C(C)S)COCCCSC(C)C(C)S)(COCCCSC(C)C(C)S)COCCCSC(C)C(C)S. The molecule has 0 aromatic rings. The Bertz CT molecular complexity index is 1030. The lowest BCUT2D eigenvalue weighted by Gasteiger charge is -2.34. The van der Waals surface area contributed by atoms with Gasteiger partial charge in [0.25, 0.3) is 0 Å². The number of hydrogen-bond donors (Lipinski definition) is 6. The molecule has 0 bridgehead atoms. The largest absolute Gasteiger partial charge is 0.381 e. The highest BCUT2D eigenvalue weighted by Gasteiger charge is 2.34. The predicted octanol–water partition coefficient (Wildman–Crippen LogP) is 14.5. The molecule has 0 amide bonds. The molecule has 0 aliphatic heterocycles. The van der Waals surface area contributed by atoms with Crippen LogP contribution >= 0.6 is 146 Å². The topological polar surface area (TPSA) is 73.8 Å². The Morgan fingerprint density at radius 3 is 0.507 bits per heavy atom. The van der Waals surface area contributed by atoms with E-state index >= 15 is 0 Å². The van der Waals surface area contributed by atoms with E-state index in [1.165, 1.54) is 0 Å². The Kier molecular flexibility index (Phi) is 53.8. The molecule has 0 spiro atoms. The van der Waals surface area contributed by atoms with Crippen molar-refractivity contribution in [2.75, 3.05) is 140 Å². The smallest absolute Gasteiger partial charge is 0.0637 e. The highest BCUT2D eigenvalue weighted by molar-refractivity contribution is 8.02. The van der Waals surface area contributed by atoms with E-state index in [-0.39, 0.29) is 0 Å². The number of thiol groups is 6. The van der Waals surface area contributed by atoms with Crippen LogP contribution in [0.3, 0.4) is 0 Å². The van der Waals surface area contributed by atoms with E-state index in [1.807, 2.05) is 70.6 Å². The molecule has 20 heteroatoms. The first-order valence-electron chi connectivity index (χ1n) is 28.1. The van der Waals surface area contributed by atoms with E-state index in [4.69, 9.17) is 37.9 Å². The van der Waals surface area contributed by atoms with Crippen LogP contribution in [0.1, 0.15) is 128 Å². The number of ether oxygens (including phenoxy) is 8. The number of rotatable bonds is 56. The summed E-state index contributed by atoms with van der Waals surface area (Å²) in [6.07, 6.45) is 6.59. The van der Waals surface area contributed by atoms with Gasteiger partial charge in [0.05, 0.1) is 63.7 Å². The molecule has 0 rings (SSSR count). The van der Waals surface area contributed by atoms with Crippen LogP contribution in [0.5, 0.6) is 0 Å². The molecule has 0 radical (unpaired) electrons. The molecule has 0 saturated carbocycles. The lowest BCUT2D eigenvalue weighted by atomic mass is 9.92. The van der Waals surface area contributed by atoms with Gasteiger partial charge in [-0.05, 0) is 79.5 Å². The van der Waals surface area contributed by atoms with Crippen LogP contribution < -0.4 is 0 Å². The van der Waals surface area contributed by atoms with Crippen molar-refractivity contribution in [2.24, 2.45) is 10.8 Å². The fraction of sp³-hybridized carbons (Fsp3) is 1.00. The molecule has 75 heavy (non-hydrogen) atoms. The molecule has 0 aliphatic carbocycles.